The number of thioether (sulfide) groups is 1. The average molecular weight is 447 g/mol. The fourth-order valence-electron chi connectivity index (χ4n) is 2.42. The van der Waals surface area contributed by atoms with E-state index in [1.807, 2.05) is 0 Å². The van der Waals surface area contributed by atoms with E-state index in [1.165, 1.54) is 6.92 Å². The van der Waals surface area contributed by atoms with Crippen molar-refractivity contribution < 1.29 is 22.4 Å². The molecule has 1 heterocycles. The number of ketones is 1. The Morgan fingerprint density at radius 3 is 2.47 bits per heavy atom. The molecule has 0 saturated carbocycles. The SMILES string of the molecule is CC(=O)c1cccc(NC(=O)CSc2nnc(-c3ccc(NS(C)(=O)=O)cc3)o2)c1. The van der Waals surface area contributed by atoms with Gasteiger partial charge in [-0.25, -0.2) is 8.42 Å². The van der Waals surface area contributed by atoms with Crippen LogP contribution in [0.25, 0.3) is 11.5 Å². The van der Waals surface area contributed by atoms with E-state index in [0.717, 1.165) is 18.0 Å². The van der Waals surface area contributed by atoms with Crippen LogP contribution in [0, 0.1) is 0 Å². The number of nitrogens with one attached hydrogen (secondary N) is 2. The highest BCUT2D eigenvalue weighted by Crippen LogP contribution is 2.24. The number of rotatable bonds is 8. The molecule has 0 radical (unpaired) electrons. The first kappa shape index (κ1) is 21.5. The van der Waals surface area contributed by atoms with Gasteiger partial charge in [0.05, 0.1) is 12.0 Å². The fraction of sp³-hybridized carbons (Fsp3) is 0.158. The monoisotopic (exact) mass is 446 g/mol. The molecule has 9 nitrogen and oxygen atoms in total. The molecule has 3 rings (SSSR count). The van der Waals surface area contributed by atoms with Gasteiger partial charge in [0.1, 0.15) is 0 Å². The maximum absolute atomic E-state index is 12.1. The van der Waals surface area contributed by atoms with Gasteiger partial charge in [-0.2, -0.15) is 0 Å². The van der Waals surface area contributed by atoms with E-state index in [1.54, 1.807) is 48.5 Å². The first-order valence-corrected chi connectivity index (χ1v) is 11.5. The molecule has 156 valence electrons. The Kier molecular flexibility index (Phi) is 6.53. The van der Waals surface area contributed by atoms with Crippen LogP contribution in [0.1, 0.15) is 17.3 Å². The van der Waals surface area contributed by atoms with Crippen molar-refractivity contribution in [2.45, 2.75) is 12.1 Å². The molecule has 0 bridgehead atoms. The zero-order valence-electron chi connectivity index (χ0n) is 16.1. The Morgan fingerprint density at radius 2 is 1.80 bits per heavy atom. The lowest BCUT2D eigenvalue weighted by atomic mass is 10.1. The second kappa shape index (κ2) is 9.09. The Morgan fingerprint density at radius 1 is 1.07 bits per heavy atom. The van der Waals surface area contributed by atoms with Gasteiger partial charge in [0.2, 0.25) is 21.8 Å². The minimum absolute atomic E-state index is 0.0448. The molecular weight excluding hydrogens is 428 g/mol. The molecule has 30 heavy (non-hydrogen) atoms. The Labute approximate surface area is 177 Å². The highest BCUT2D eigenvalue weighted by atomic mass is 32.2. The van der Waals surface area contributed by atoms with Crippen LogP contribution in [0.2, 0.25) is 0 Å². The van der Waals surface area contributed by atoms with Gasteiger partial charge in [0.15, 0.2) is 5.78 Å². The van der Waals surface area contributed by atoms with Crippen LogP contribution >= 0.6 is 11.8 Å². The lowest BCUT2D eigenvalue weighted by molar-refractivity contribution is -0.113. The Hall–Kier alpha value is -3.18. The van der Waals surface area contributed by atoms with Gasteiger partial charge in [-0.15, -0.1) is 10.2 Å². The lowest BCUT2D eigenvalue weighted by Gasteiger charge is -2.05. The van der Waals surface area contributed by atoms with Crippen molar-refractivity contribution in [3.05, 3.63) is 54.1 Å². The Balaban J connectivity index is 1.57. The summed E-state index contributed by atoms with van der Waals surface area (Å²) in [6.45, 7) is 1.46. The van der Waals surface area contributed by atoms with E-state index >= 15 is 0 Å². The Bertz CT molecular complexity index is 1170. The fourth-order valence-corrected chi connectivity index (χ4v) is 3.55. The van der Waals surface area contributed by atoms with Crippen LogP contribution in [0.4, 0.5) is 11.4 Å². The smallest absolute Gasteiger partial charge is 0.277 e. The zero-order valence-corrected chi connectivity index (χ0v) is 17.7. The summed E-state index contributed by atoms with van der Waals surface area (Å²) in [7, 11) is -3.35. The molecule has 2 aromatic carbocycles. The third-order valence-corrected chi connectivity index (χ3v) is 5.15. The van der Waals surface area contributed by atoms with E-state index in [2.05, 4.69) is 20.2 Å². The zero-order chi connectivity index (χ0) is 21.7. The number of carbonyl (C=O) groups is 2. The topological polar surface area (TPSA) is 131 Å². The van der Waals surface area contributed by atoms with Crippen molar-refractivity contribution >= 4 is 44.9 Å². The van der Waals surface area contributed by atoms with Crippen LogP contribution < -0.4 is 10.0 Å². The maximum atomic E-state index is 12.1. The maximum Gasteiger partial charge on any atom is 0.277 e. The molecule has 0 saturated heterocycles. The second-order valence-corrected chi connectivity index (χ2v) is 8.97. The number of anilines is 2. The number of aromatic nitrogens is 2. The van der Waals surface area contributed by atoms with Gasteiger partial charge in [-0.3, -0.25) is 14.3 Å². The molecule has 0 atom stereocenters. The van der Waals surface area contributed by atoms with Crippen LogP contribution in [0.5, 0.6) is 0 Å². The molecule has 0 unspecified atom stereocenters. The molecular formula is C19H18N4O5S2. The van der Waals surface area contributed by atoms with Gasteiger partial charge in [0.25, 0.3) is 5.22 Å². The summed E-state index contributed by atoms with van der Waals surface area (Å²) in [5.41, 5.74) is 2.07. The van der Waals surface area contributed by atoms with Crippen molar-refractivity contribution in [2.75, 3.05) is 22.0 Å². The van der Waals surface area contributed by atoms with Gasteiger partial charge in [-0.1, -0.05) is 23.9 Å². The average Bonchev–Trinajstić information content (AvgIpc) is 3.15. The number of amides is 1. The minimum Gasteiger partial charge on any atom is -0.411 e. The van der Waals surface area contributed by atoms with E-state index in [-0.39, 0.29) is 28.6 Å². The molecule has 11 heteroatoms. The summed E-state index contributed by atoms with van der Waals surface area (Å²) in [6, 6.07) is 13.1. The van der Waals surface area contributed by atoms with Crippen LogP contribution in [-0.2, 0) is 14.8 Å². The molecule has 2 N–H and O–H groups in total. The first-order valence-electron chi connectivity index (χ1n) is 8.65. The number of hydrogen-bond acceptors (Lipinski definition) is 8. The standard InChI is InChI=1S/C19H18N4O5S2/c1-12(24)14-4-3-5-16(10-14)20-17(25)11-29-19-22-21-18(28-19)13-6-8-15(9-7-13)23-30(2,26)27/h3-10,23H,11H2,1-2H3,(H,20,25). The first-order chi connectivity index (χ1) is 14.2. The largest absolute Gasteiger partial charge is 0.411 e. The molecule has 1 amide bonds. The van der Waals surface area contributed by atoms with E-state index in [9.17, 15) is 18.0 Å². The van der Waals surface area contributed by atoms with Gasteiger partial charge >= 0.3 is 0 Å². The van der Waals surface area contributed by atoms with Crippen molar-refractivity contribution in [2.24, 2.45) is 0 Å². The highest BCUT2D eigenvalue weighted by molar-refractivity contribution is 7.99. The predicted octanol–water partition coefficient (Wildman–Crippen LogP) is 3.04. The lowest BCUT2D eigenvalue weighted by Crippen LogP contribution is -2.14. The number of benzene rings is 2. The highest BCUT2D eigenvalue weighted by Gasteiger charge is 2.12. The number of Topliss-reactive ketones (excluding diaryl/α,β-unsaturated/α-hetero) is 1. The van der Waals surface area contributed by atoms with Crippen LogP contribution in [-0.4, -0.2) is 42.3 Å². The molecule has 3 aromatic rings. The van der Waals surface area contributed by atoms with E-state index < -0.39 is 10.0 Å². The summed E-state index contributed by atoms with van der Waals surface area (Å²) < 4.78 is 30.4. The number of hydrogen-bond donors (Lipinski definition) is 2. The molecule has 1 aromatic heterocycles. The summed E-state index contributed by atoms with van der Waals surface area (Å²) >= 11 is 1.07. The third-order valence-electron chi connectivity index (χ3n) is 3.72. The number of carbonyl (C=O) groups excluding carboxylic acids is 2. The quantitative estimate of drug-likeness (QED) is 0.399. The predicted molar refractivity (Wildman–Crippen MR) is 114 cm³/mol. The molecule has 0 aliphatic rings. The summed E-state index contributed by atoms with van der Waals surface area (Å²) in [5.74, 6) is -0.0722. The van der Waals surface area contributed by atoms with Gasteiger partial charge < -0.3 is 9.73 Å². The van der Waals surface area contributed by atoms with Gasteiger partial charge in [-0.05, 0) is 43.3 Å². The number of nitrogens with zero attached hydrogens (tertiary/aromatic N) is 2. The van der Waals surface area contributed by atoms with Crippen molar-refractivity contribution in [1.29, 1.82) is 0 Å². The van der Waals surface area contributed by atoms with Crippen LogP contribution in [0.15, 0.2) is 58.2 Å². The molecule has 0 spiro atoms. The van der Waals surface area contributed by atoms with Crippen molar-refractivity contribution in [3.63, 3.8) is 0 Å². The van der Waals surface area contributed by atoms with E-state index in [4.69, 9.17) is 4.42 Å². The third kappa shape index (κ3) is 6.16. The number of sulfonamides is 1. The van der Waals surface area contributed by atoms with Crippen molar-refractivity contribution in [3.8, 4) is 11.5 Å². The van der Waals surface area contributed by atoms with E-state index in [0.29, 0.717) is 22.5 Å². The molecule has 0 aliphatic heterocycles. The van der Waals surface area contributed by atoms with Crippen LogP contribution in [0.3, 0.4) is 0 Å². The second-order valence-electron chi connectivity index (χ2n) is 6.30. The minimum atomic E-state index is -3.35. The summed E-state index contributed by atoms with van der Waals surface area (Å²) in [6.07, 6.45) is 1.07. The van der Waals surface area contributed by atoms with Crippen molar-refractivity contribution in [1.82, 2.24) is 10.2 Å². The summed E-state index contributed by atoms with van der Waals surface area (Å²) in [4.78, 5) is 23.6. The normalized spacial score (nSPS) is 11.1. The summed E-state index contributed by atoms with van der Waals surface area (Å²) in [5, 5.41) is 10.8. The van der Waals surface area contributed by atoms with Gasteiger partial charge in [0, 0.05) is 22.5 Å². The molecule has 0 fully saturated rings. The molecule has 0 aliphatic carbocycles.